The van der Waals surface area contributed by atoms with Crippen molar-refractivity contribution in [1.82, 2.24) is 0 Å². The fourth-order valence-electron chi connectivity index (χ4n) is 5.17. The molecule has 2 heteroatoms. The number of rotatable bonds is 9. The summed E-state index contributed by atoms with van der Waals surface area (Å²) in [5.41, 5.74) is 6.63. The van der Waals surface area contributed by atoms with Crippen LogP contribution >= 0.6 is 0 Å². The summed E-state index contributed by atoms with van der Waals surface area (Å²) in [6.07, 6.45) is 14.0. The van der Waals surface area contributed by atoms with Gasteiger partial charge in [-0.05, 0) is 54.8 Å². The number of nitrogens with zero attached hydrogens (tertiary/aromatic N) is 2. The van der Waals surface area contributed by atoms with E-state index >= 15 is 0 Å². The van der Waals surface area contributed by atoms with E-state index in [1.807, 2.05) is 0 Å². The lowest BCUT2D eigenvalue weighted by Gasteiger charge is -2.17. The summed E-state index contributed by atoms with van der Waals surface area (Å²) in [5.74, 6) is 0. The first-order valence-corrected chi connectivity index (χ1v) is 12.7. The Morgan fingerprint density at radius 1 is 0.824 bits per heavy atom. The number of allylic oxidation sites excluding steroid dienone is 3. The van der Waals surface area contributed by atoms with Crippen molar-refractivity contribution in [2.45, 2.75) is 51.9 Å². The predicted octanol–water partition coefficient (Wildman–Crippen LogP) is 8.13. The molecule has 0 radical (unpaired) electrons. The first kappa shape index (κ1) is 24.0. The third kappa shape index (κ3) is 4.87. The van der Waals surface area contributed by atoms with Gasteiger partial charge in [-0.3, -0.25) is 0 Å². The molecule has 0 saturated heterocycles. The van der Waals surface area contributed by atoms with Crippen LogP contribution in [-0.4, -0.2) is 30.9 Å². The van der Waals surface area contributed by atoms with E-state index in [4.69, 9.17) is 0 Å². The average Bonchev–Trinajstić information content (AvgIpc) is 3.06. The molecule has 1 heterocycles. The van der Waals surface area contributed by atoms with Crippen molar-refractivity contribution in [3.63, 3.8) is 0 Å². The van der Waals surface area contributed by atoms with Crippen molar-refractivity contribution in [2.75, 3.05) is 25.5 Å². The maximum atomic E-state index is 2.58. The van der Waals surface area contributed by atoms with E-state index in [2.05, 4.69) is 129 Å². The molecule has 3 aromatic carbocycles. The molecule has 0 spiro atoms. The summed E-state index contributed by atoms with van der Waals surface area (Å²) >= 11 is 0. The highest BCUT2D eigenvalue weighted by atomic mass is 15.1. The van der Waals surface area contributed by atoms with Gasteiger partial charge in [0.1, 0.15) is 6.54 Å². The lowest BCUT2D eigenvalue weighted by atomic mass is 9.79. The Bertz CT molecular complexity index is 1220. The molecular formula is C32H39N2+. The van der Waals surface area contributed by atoms with Crippen LogP contribution in [0.2, 0.25) is 0 Å². The molecule has 3 aromatic rings. The number of benzene rings is 3. The van der Waals surface area contributed by atoms with Gasteiger partial charge in [0.15, 0.2) is 5.71 Å². The standard InChI is InChI=1S/C32H39N2/c1-6-7-8-13-24-34-29-23-20-26-15-10-11-16-28(26)31(29)32(2,3)30(34)17-12-9-14-25-18-21-27(22-19-25)33(4)5/h9-12,14-23H,6-8,13,24H2,1-5H3/q+1. The third-order valence-electron chi connectivity index (χ3n) is 7.05. The van der Waals surface area contributed by atoms with Gasteiger partial charge in [0.05, 0.1) is 5.41 Å². The molecule has 1 aliphatic heterocycles. The van der Waals surface area contributed by atoms with Crippen LogP contribution in [-0.2, 0) is 5.41 Å². The van der Waals surface area contributed by atoms with Crippen molar-refractivity contribution >= 4 is 33.9 Å². The van der Waals surface area contributed by atoms with Crippen LogP contribution < -0.4 is 4.90 Å². The predicted molar refractivity (Wildman–Crippen MR) is 150 cm³/mol. The van der Waals surface area contributed by atoms with Crippen LogP contribution in [0.4, 0.5) is 11.4 Å². The Morgan fingerprint density at radius 2 is 1.56 bits per heavy atom. The fourth-order valence-corrected chi connectivity index (χ4v) is 5.17. The fraction of sp³-hybridized carbons (Fsp3) is 0.344. The third-order valence-corrected chi connectivity index (χ3v) is 7.05. The molecule has 0 unspecified atom stereocenters. The van der Waals surface area contributed by atoms with E-state index in [1.54, 1.807) is 0 Å². The van der Waals surface area contributed by atoms with E-state index in [9.17, 15) is 0 Å². The second kappa shape index (κ2) is 10.4. The van der Waals surface area contributed by atoms with Crippen molar-refractivity contribution in [1.29, 1.82) is 0 Å². The van der Waals surface area contributed by atoms with Crippen molar-refractivity contribution in [3.05, 3.63) is 90.0 Å². The van der Waals surface area contributed by atoms with Crippen LogP contribution in [0.15, 0.2) is 78.9 Å². The first-order valence-electron chi connectivity index (χ1n) is 12.7. The molecule has 34 heavy (non-hydrogen) atoms. The zero-order valence-electron chi connectivity index (χ0n) is 21.5. The minimum Gasteiger partial charge on any atom is -0.378 e. The molecule has 176 valence electrons. The lowest BCUT2D eigenvalue weighted by molar-refractivity contribution is -0.438. The van der Waals surface area contributed by atoms with Crippen molar-refractivity contribution < 1.29 is 4.58 Å². The molecule has 0 fully saturated rings. The smallest absolute Gasteiger partial charge is 0.210 e. The second-order valence-electron chi connectivity index (χ2n) is 10.1. The highest BCUT2D eigenvalue weighted by Crippen LogP contribution is 2.44. The van der Waals surface area contributed by atoms with Crippen molar-refractivity contribution in [3.8, 4) is 0 Å². The largest absolute Gasteiger partial charge is 0.378 e. The zero-order chi connectivity index (χ0) is 24.1. The molecule has 2 nitrogen and oxygen atoms in total. The van der Waals surface area contributed by atoms with Gasteiger partial charge in [-0.25, -0.2) is 0 Å². The summed E-state index contributed by atoms with van der Waals surface area (Å²) in [6, 6.07) is 22.1. The normalized spacial score (nSPS) is 15.1. The maximum absolute atomic E-state index is 2.58. The lowest BCUT2D eigenvalue weighted by Crippen LogP contribution is -2.28. The number of anilines is 1. The Balaban J connectivity index is 1.65. The molecule has 0 atom stereocenters. The number of hydrogen-bond acceptors (Lipinski definition) is 1. The molecule has 0 bridgehead atoms. The number of hydrogen-bond donors (Lipinski definition) is 0. The van der Waals surface area contributed by atoms with E-state index in [0.717, 1.165) is 6.54 Å². The molecule has 1 aliphatic rings. The zero-order valence-corrected chi connectivity index (χ0v) is 21.5. The van der Waals surface area contributed by atoms with Gasteiger partial charge in [0.2, 0.25) is 5.69 Å². The van der Waals surface area contributed by atoms with Crippen LogP contribution in [0.5, 0.6) is 0 Å². The van der Waals surface area contributed by atoms with Gasteiger partial charge in [-0.2, -0.15) is 4.58 Å². The summed E-state index contributed by atoms with van der Waals surface area (Å²) in [4.78, 5) is 2.13. The monoisotopic (exact) mass is 451 g/mol. The maximum Gasteiger partial charge on any atom is 0.210 e. The summed E-state index contributed by atoms with van der Waals surface area (Å²) < 4.78 is 2.58. The molecule has 0 amide bonds. The minimum atomic E-state index is -0.0430. The van der Waals surface area contributed by atoms with Gasteiger partial charge in [-0.15, -0.1) is 0 Å². The van der Waals surface area contributed by atoms with Crippen molar-refractivity contribution in [2.24, 2.45) is 0 Å². The summed E-state index contributed by atoms with van der Waals surface area (Å²) in [5, 5.41) is 2.70. The highest BCUT2D eigenvalue weighted by molar-refractivity contribution is 6.07. The average molecular weight is 452 g/mol. The highest BCUT2D eigenvalue weighted by Gasteiger charge is 2.45. The molecule has 0 saturated carbocycles. The Hall–Kier alpha value is -3.13. The second-order valence-corrected chi connectivity index (χ2v) is 10.1. The topological polar surface area (TPSA) is 6.25 Å². The van der Waals surface area contributed by atoms with Gasteiger partial charge >= 0.3 is 0 Å². The van der Waals surface area contributed by atoms with Gasteiger partial charge in [0.25, 0.3) is 0 Å². The molecular weight excluding hydrogens is 412 g/mol. The molecule has 0 N–H and O–H groups in total. The molecule has 0 aromatic heterocycles. The summed E-state index contributed by atoms with van der Waals surface area (Å²) in [7, 11) is 4.15. The van der Waals surface area contributed by atoms with E-state index in [0.29, 0.717) is 0 Å². The van der Waals surface area contributed by atoms with Crippen LogP contribution in [0.3, 0.4) is 0 Å². The molecule has 0 aliphatic carbocycles. The summed E-state index contributed by atoms with van der Waals surface area (Å²) in [6.45, 7) is 8.12. The quantitative estimate of drug-likeness (QED) is 0.181. The van der Waals surface area contributed by atoms with Crippen LogP contribution in [0.1, 0.15) is 57.6 Å². The van der Waals surface area contributed by atoms with E-state index in [1.165, 1.54) is 64.7 Å². The van der Waals surface area contributed by atoms with Crippen LogP contribution in [0, 0.1) is 0 Å². The number of unbranched alkanes of at least 4 members (excludes halogenated alkanes) is 3. The van der Waals surface area contributed by atoms with Gasteiger partial charge in [-0.1, -0.05) is 74.4 Å². The SMILES string of the molecule is CCCCCC[N+]1=C(/C=C/C=C/c2ccc(N(C)C)cc2)C(C)(C)c2c1ccc1ccccc21. The van der Waals surface area contributed by atoms with Crippen LogP contribution in [0.25, 0.3) is 16.8 Å². The minimum absolute atomic E-state index is 0.0430. The Kier molecular flexibility index (Phi) is 7.36. The van der Waals surface area contributed by atoms with E-state index < -0.39 is 0 Å². The number of fused-ring (bicyclic) bond motifs is 3. The van der Waals surface area contributed by atoms with Gasteiger partial charge < -0.3 is 4.90 Å². The van der Waals surface area contributed by atoms with Gasteiger partial charge in [0, 0.05) is 43.9 Å². The Labute approximate surface area is 205 Å². The first-order chi connectivity index (χ1) is 16.4. The van der Waals surface area contributed by atoms with E-state index in [-0.39, 0.29) is 5.41 Å². The Morgan fingerprint density at radius 3 is 2.29 bits per heavy atom. The molecule has 4 rings (SSSR count).